The molecule has 0 aromatic rings. The van der Waals surface area contributed by atoms with E-state index < -0.39 is 0 Å². The number of methoxy groups -OCH3 is 1. The second-order valence-electron chi connectivity index (χ2n) is 5.16. The molecule has 0 aliphatic heterocycles. The van der Waals surface area contributed by atoms with Gasteiger partial charge in [0, 0.05) is 13.7 Å². The van der Waals surface area contributed by atoms with Crippen molar-refractivity contribution in [3.63, 3.8) is 0 Å². The second kappa shape index (κ2) is 9.17. The van der Waals surface area contributed by atoms with Crippen molar-refractivity contribution < 1.29 is 4.74 Å². The quantitative estimate of drug-likeness (QED) is 0.586. The van der Waals surface area contributed by atoms with Gasteiger partial charge in [0.15, 0.2) is 0 Å². The topological polar surface area (TPSA) is 12.5 Å². The zero-order chi connectivity index (χ0) is 11.7. The van der Waals surface area contributed by atoms with E-state index in [0.717, 1.165) is 18.4 Å². The van der Waals surface area contributed by atoms with Gasteiger partial charge in [-0.3, -0.25) is 0 Å². The summed E-state index contributed by atoms with van der Waals surface area (Å²) in [5.41, 5.74) is 0. The van der Waals surface area contributed by atoms with Gasteiger partial charge in [-0.15, -0.1) is 0 Å². The summed E-state index contributed by atoms with van der Waals surface area (Å²) >= 11 is 0. The predicted octanol–water partition coefficient (Wildman–Crippen LogP) is 3.03. The Balaban J connectivity index is 3.39. The number of hydrogen-bond donors (Lipinski definition) is 0. The zero-order valence-corrected chi connectivity index (χ0v) is 11.3. The first-order valence-corrected chi connectivity index (χ1v) is 6.20. The maximum atomic E-state index is 5.09. The van der Waals surface area contributed by atoms with Gasteiger partial charge >= 0.3 is 0 Å². The first-order chi connectivity index (χ1) is 7.06. The molecule has 0 fully saturated rings. The average Bonchev–Trinajstić information content (AvgIpc) is 2.20. The molecule has 0 heterocycles. The molecule has 15 heavy (non-hydrogen) atoms. The molecular formula is C13H29NO. The third kappa shape index (κ3) is 10.2. The van der Waals surface area contributed by atoms with Crippen molar-refractivity contribution in [1.29, 1.82) is 0 Å². The Bertz CT molecular complexity index is 136. The molecule has 0 radical (unpaired) electrons. The Labute approximate surface area is 96.0 Å². The van der Waals surface area contributed by atoms with Gasteiger partial charge in [0.2, 0.25) is 0 Å². The molecule has 0 saturated heterocycles. The van der Waals surface area contributed by atoms with Crippen LogP contribution in [0.5, 0.6) is 0 Å². The van der Waals surface area contributed by atoms with Crippen molar-refractivity contribution in [2.45, 2.75) is 39.5 Å². The van der Waals surface area contributed by atoms with E-state index in [2.05, 4.69) is 32.8 Å². The highest BCUT2D eigenvalue weighted by Gasteiger charge is 2.07. The largest absolute Gasteiger partial charge is 0.385 e. The van der Waals surface area contributed by atoms with Crippen molar-refractivity contribution in [3.8, 4) is 0 Å². The summed E-state index contributed by atoms with van der Waals surface area (Å²) in [5.74, 6) is 1.67. The summed E-state index contributed by atoms with van der Waals surface area (Å²) in [6, 6.07) is 0. The van der Waals surface area contributed by atoms with Gasteiger partial charge in [-0.2, -0.15) is 0 Å². The standard InChI is InChI=1S/C13H29NO/c1-12(8-10-14(3)4)6-7-13(2)9-11-15-5/h12-13H,6-11H2,1-5H3. The lowest BCUT2D eigenvalue weighted by atomic mass is 9.94. The molecule has 2 heteroatoms. The normalized spacial score (nSPS) is 15.6. The summed E-state index contributed by atoms with van der Waals surface area (Å²) in [6.45, 7) is 6.82. The van der Waals surface area contributed by atoms with Gasteiger partial charge in [0.1, 0.15) is 0 Å². The molecule has 0 aromatic heterocycles. The Morgan fingerprint density at radius 2 is 1.47 bits per heavy atom. The van der Waals surface area contributed by atoms with Crippen LogP contribution >= 0.6 is 0 Å². The summed E-state index contributed by atoms with van der Waals surface area (Å²) < 4.78 is 5.09. The van der Waals surface area contributed by atoms with Gasteiger partial charge in [0.25, 0.3) is 0 Å². The van der Waals surface area contributed by atoms with E-state index in [0.29, 0.717) is 0 Å². The van der Waals surface area contributed by atoms with Gasteiger partial charge in [-0.25, -0.2) is 0 Å². The average molecular weight is 215 g/mol. The molecule has 0 saturated carbocycles. The van der Waals surface area contributed by atoms with Crippen LogP contribution < -0.4 is 0 Å². The smallest absolute Gasteiger partial charge is 0.0464 e. The molecule has 0 N–H and O–H groups in total. The summed E-state index contributed by atoms with van der Waals surface area (Å²) in [5, 5.41) is 0. The van der Waals surface area contributed by atoms with E-state index in [9.17, 15) is 0 Å². The van der Waals surface area contributed by atoms with Gasteiger partial charge < -0.3 is 9.64 Å². The molecule has 2 nitrogen and oxygen atoms in total. The number of rotatable bonds is 9. The number of hydrogen-bond acceptors (Lipinski definition) is 2. The highest BCUT2D eigenvalue weighted by molar-refractivity contribution is 4.59. The van der Waals surface area contributed by atoms with Crippen LogP contribution in [0.2, 0.25) is 0 Å². The molecule has 0 aliphatic rings. The second-order valence-corrected chi connectivity index (χ2v) is 5.16. The molecule has 92 valence electrons. The van der Waals surface area contributed by atoms with Crippen LogP contribution in [0.25, 0.3) is 0 Å². The Morgan fingerprint density at radius 3 is 1.93 bits per heavy atom. The Kier molecular flexibility index (Phi) is 9.12. The van der Waals surface area contributed by atoms with Crippen molar-refractivity contribution in [1.82, 2.24) is 4.90 Å². The van der Waals surface area contributed by atoms with Crippen LogP contribution in [0.1, 0.15) is 39.5 Å². The Hall–Kier alpha value is -0.0800. The number of nitrogens with zero attached hydrogens (tertiary/aromatic N) is 1. The monoisotopic (exact) mass is 215 g/mol. The molecule has 0 spiro atoms. The van der Waals surface area contributed by atoms with Crippen LogP contribution in [0.15, 0.2) is 0 Å². The lowest BCUT2D eigenvalue weighted by molar-refractivity contribution is 0.176. The zero-order valence-electron chi connectivity index (χ0n) is 11.3. The molecule has 0 aromatic carbocycles. The van der Waals surface area contributed by atoms with Crippen molar-refractivity contribution in [2.24, 2.45) is 11.8 Å². The maximum absolute atomic E-state index is 5.09. The van der Waals surface area contributed by atoms with Gasteiger partial charge in [0.05, 0.1) is 0 Å². The minimum atomic E-state index is 0.812. The third-order valence-corrected chi connectivity index (χ3v) is 3.04. The molecular weight excluding hydrogens is 186 g/mol. The maximum Gasteiger partial charge on any atom is 0.0464 e. The van der Waals surface area contributed by atoms with E-state index >= 15 is 0 Å². The molecule has 0 amide bonds. The third-order valence-electron chi connectivity index (χ3n) is 3.04. The van der Waals surface area contributed by atoms with Crippen LogP contribution in [-0.4, -0.2) is 39.3 Å². The molecule has 0 rings (SSSR count). The fraction of sp³-hybridized carbons (Fsp3) is 1.00. The first kappa shape index (κ1) is 14.9. The van der Waals surface area contributed by atoms with E-state index in [1.807, 2.05) is 0 Å². The van der Waals surface area contributed by atoms with E-state index in [1.54, 1.807) is 7.11 Å². The predicted molar refractivity (Wildman–Crippen MR) is 67.2 cm³/mol. The van der Waals surface area contributed by atoms with Crippen molar-refractivity contribution in [3.05, 3.63) is 0 Å². The van der Waals surface area contributed by atoms with E-state index in [4.69, 9.17) is 4.74 Å². The highest BCUT2D eigenvalue weighted by atomic mass is 16.5. The summed E-state index contributed by atoms with van der Waals surface area (Å²) in [6.07, 6.45) is 5.23. The van der Waals surface area contributed by atoms with Crippen LogP contribution in [0.4, 0.5) is 0 Å². The van der Waals surface area contributed by atoms with E-state index in [-0.39, 0.29) is 0 Å². The molecule has 2 atom stereocenters. The van der Waals surface area contributed by atoms with Gasteiger partial charge in [-0.05, 0) is 45.3 Å². The van der Waals surface area contributed by atoms with Crippen LogP contribution in [0, 0.1) is 11.8 Å². The molecule has 0 bridgehead atoms. The lowest BCUT2D eigenvalue weighted by Gasteiger charge is -2.17. The minimum absolute atomic E-state index is 0.812. The number of ether oxygens (including phenoxy) is 1. The highest BCUT2D eigenvalue weighted by Crippen LogP contribution is 2.17. The van der Waals surface area contributed by atoms with Gasteiger partial charge in [-0.1, -0.05) is 26.7 Å². The van der Waals surface area contributed by atoms with Crippen LogP contribution in [-0.2, 0) is 4.74 Å². The summed E-state index contributed by atoms with van der Waals surface area (Å²) in [7, 11) is 6.08. The summed E-state index contributed by atoms with van der Waals surface area (Å²) in [4.78, 5) is 2.27. The molecule has 2 unspecified atom stereocenters. The first-order valence-electron chi connectivity index (χ1n) is 6.20. The SMILES string of the molecule is COCCC(C)CCC(C)CCN(C)C. The van der Waals surface area contributed by atoms with Crippen molar-refractivity contribution in [2.75, 3.05) is 34.4 Å². The van der Waals surface area contributed by atoms with E-state index in [1.165, 1.54) is 32.2 Å². The lowest BCUT2D eigenvalue weighted by Crippen LogP contribution is -2.16. The van der Waals surface area contributed by atoms with Crippen molar-refractivity contribution >= 4 is 0 Å². The van der Waals surface area contributed by atoms with Crippen LogP contribution in [0.3, 0.4) is 0 Å². The minimum Gasteiger partial charge on any atom is -0.385 e. The fourth-order valence-electron chi connectivity index (χ4n) is 1.66. The molecule has 0 aliphatic carbocycles. The Morgan fingerprint density at radius 1 is 0.933 bits per heavy atom. The fourth-order valence-corrected chi connectivity index (χ4v) is 1.66.